The average Bonchev–Trinajstić information content (AvgIpc) is 3.24. The Morgan fingerprint density at radius 2 is 2.13 bits per heavy atom. The maximum atomic E-state index is 10.3. The molecule has 3 atom stereocenters. The zero-order chi connectivity index (χ0) is 15.9. The van der Waals surface area contributed by atoms with Crippen molar-refractivity contribution in [3.05, 3.63) is 52.0 Å². The van der Waals surface area contributed by atoms with Crippen LogP contribution in [0.5, 0.6) is 0 Å². The van der Waals surface area contributed by atoms with Gasteiger partial charge in [-0.3, -0.25) is 4.90 Å². The zero-order valence-electron chi connectivity index (χ0n) is 13.6. The van der Waals surface area contributed by atoms with Crippen molar-refractivity contribution in [1.82, 2.24) is 9.88 Å². The smallest absolute Gasteiger partial charge is 0.0798 e. The third kappa shape index (κ3) is 2.63. The monoisotopic (exact) mass is 328 g/mol. The van der Waals surface area contributed by atoms with Crippen LogP contribution in [0.3, 0.4) is 0 Å². The van der Waals surface area contributed by atoms with E-state index in [1.807, 2.05) is 5.51 Å². The lowest BCUT2D eigenvalue weighted by molar-refractivity contribution is 0.0752. The molecular formula is C19H24N2OS. The van der Waals surface area contributed by atoms with Crippen LogP contribution in [0.25, 0.3) is 0 Å². The number of thiazole rings is 1. The summed E-state index contributed by atoms with van der Waals surface area (Å²) in [7, 11) is 0. The fourth-order valence-corrected chi connectivity index (χ4v) is 5.51. The Morgan fingerprint density at radius 3 is 2.83 bits per heavy atom. The van der Waals surface area contributed by atoms with Gasteiger partial charge in [0, 0.05) is 28.9 Å². The molecule has 1 aromatic carbocycles. The van der Waals surface area contributed by atoms with Crippen LogP contribution in [0.15, 0.2) is 35.8 Å². The molecule has 2 aliphatic heterocycles. The van der Waals surface area contributed by atoms with E-state index in [1.165, 1.54) is 29.0 Å². The first-order chi connectivity index (χ1) is 11.2. The van der Waals surface area contributed by atoms with Gasteiger partial charge in [0.1, 0.15) is 0 Å². The highest BCUT2D eigenvalue weighted by atomic mass is 32.1. The fourth-order valence-electron chi connectivity index (χ4n) is 4.72. The summed E-state index contributed by atoms with van der Waals surface area (Å²) in [5.74, 6) is 0. The molecule has 2 aliphatic rings. The van der Waals surface area contributed by atoms with Crippen molar-refractivity contribution in [2.24, 2.45) is 5.41 Å². The second-order valence-electron chi connectivity index (χ2n) is 7.17. The maximum Gasteiger partial charge on any atom is 0.0798 e. The average molecular weight is 328 g/mol. The molecule has 3 nitrogen and oxygen atoms in total. The van der Waals surface area contributed by atoms with Crippen molar-refractivity contribution in [2.75, 3.05) is 6.61 Å². The van der Waals surface area contributed by atoms with Crippen LogP contribution >= 0.6 is 11.3 Å². The van der Waals surface area contributed by atoms with Gasteiger partial charge in [-0.05, 0) is 38.2 Å². The van der Waals surface area contributed by atoms with E-state index in [-0.39, 0.29) is 5.41 Å². The molecule has 122 valence electrons. The van der Waals surface area contributed by atoms with E-state index >= 15 is 0 Å². The van der Waals surface area contributed by atoms with Crippen LogP contribution in [0.4, 0.5) is 0 Å². The highest BCUT2D eigenvalue weighted by Crippen LogP contribution is 2.52. The molecule has 2 aromatic rings. The van der Waals surface area contributed by atoms with Crippen molar-refractivity contribution < 1.29 is 5.11 Å². The number of hydrogen-bond acceptors (Lipinski definition) is 4. The Hall–Kier alpha value is -1.23. The number of aliphatic hydroxyl groups is 1. The Bertz CT molecular complexity index is 671. The second kappa shape index (κ2) is 6.00. The lowest BCUT2D eigenvalue weighted by Gasteiger charge is -2.36. The molecule has 0 radical (unpaired) electrons. The minimum absolute atomic E-state index is 0.0306. The predicted molar refractivity (Wildman–Crippen MR) is 93.5 cm³/mol. The lowest BCUT2D eigenvalue weighted by atomic mass is 9.70. The largest absolute Gasteiger partial charge is 0.396 e. The van der Waals surface area contributed by atoms with Gasteiger partial charge in [-0.2, -0.15) is 0 Å². The number of rotatable bonds is 5. The molecule has 1 N–H and O–H groups in total. The summed E-state index contributed by atoms with van der Waals surface area (Å²) in [6.07, 6.45) is 4.61. The van der Waals surface area contributed by atoms with Crippen molar-refractivity contribution in [3.63, 3.8) is 0 Å². The molecule has 23 heavy (non-hydrogen) atoms. The van der Waals surface area contributed by atoms with Crippen LogP contribution in [0.1, 0.15) is 35.4 Å². The molecule has 1 aromatic heterocycles. The van der Waals surface area contributed by atoms with Crippen LogP contribution < -0.4 is 0 Å². The topological polar surface area (TPSA) is 36.4 Å². The van der Waals surface area contributed by atoms with E-state index in [9.17, 15) is 5.11 Å². The number of fused-ring (bicyclic) bond motifs is 2. The Morgan fingerprint density at radius 1 is 1.30 bits per heavy atom. The molecule has 0 saturated carbocycles. The third-order valence-corrected chi connectivity index (χ3v) is 6.80. The van der Waals surface area contributed by atoms with Gasteiger partial charge in [-0.25, -0.2) is 4.98 Å². The molecule has 4 heteroatoms. The van der Waals surface area contributed by atoms with Gasteiger partial charge in [-0.1, -0.05) is 30.3 Å². The van der Waals surface area contributed by atoms with Gasteiger partial charge in [0.25, 0.3) is 0 Å². The highest BCUT2D eigenvalue weighted by Gasteiger charge is 2.55. The van der Waals surface area contributed by atoms with Gasteiger partial charge in [-0.15, -0.1) is 11.3 Å². The molecular weight excluding hydrogens is 304 g/mol. The molecule has 2 fully saturated rings. The first-order valence-electron chi connectivity index (χ1n) is 8.51. The Labute approximate surface area is 142 Å². The number of benzene rings is 1. The van der Waals surface area contributed by atoms with Gasteiger partial charge in [0.15, 0.2) is 0 Å². The normalized spacial score (nSPS) is 30.2. The molecule has 2 bridgehead atoms. The first kappa shape index (κ1) is 15.3. The number of hydrogen-bond donors (Lipinski definition) is 1. The van der Waals surface area contributed by atoms with Crippen molar-refractivity contribution >= 4 is 11.3 Å². The molecule has 0 unspecified atom stereocenters. The Balaban J connectivity index is 1.57. The van der Waals surface area contributed by atoms with E-state index in [2.05, 4.69) is 47.1 Å². The molecule has 0 amide bonds. The number of aliphatic hydroxyl groups excluding tert-OH is 1. The van der Waals surface area contributed by atoms with Gasteiger partial charge < -0.3 is 5.11 Å². The summed E-state index contributed by atoms with van der Waals surface area (Å²) in [6, 6.07) is 11.8. The molecule has 0 spiro atoms. The highest BCUT2D eigenvalue weighted by molar-refractivity contribution is 7.09. The van der Waals surface area contributed by atoms with E-state index in [0.29, 0.717) is 18.7 Å². The van der Waals surface area contributed by atoms with Gasteiger partial charge >= 0.3 is 0 Å². The minimum Gasteiger partial charge on any atom is -0.396 e. The van der Waals surface area contributed by atoms with Crippen LogP contribution in [-0.4, -0.2) is 33.7 Å². The summed E-state index contributed by atoms with van der Waals surface area (Å²) in [4.78, 5) is 8.43. The fraction of sp³-hybridized carbons (Fsp3) is 0.526. The SMILES string of the molecule is Cc1ncsc1CN1[C@H]2CC[C@@H]1[C@@](CO)(Cc1ccccc1)C2. The zero-order valence-corrected chi connectivity index (χ0v) is 14.4. The summed E-state index contributed by atoms with van der Waals surface area (Å²) in [6.45, 7) is 3.40. The molecule has 2 saturated heterocycles. The molecule has 0 aliphatic carbocycles. The summed E-state index contributed by atoms with van der Waals surface area (Å²) >= 11 is 1.76. The van der Waals surface area contributed by atoms with E-state index in [0.717, 1.165) is 19.4 Å². The predicted octanol–water partition coefficient (Wildman–Crippen LogP) is 3.41. The quantitative estimate of drug-likeness (QED) is 0.914. The minimum atomic E-state index is 0.0306. The van der Waals surface area contributed by atoms with Gasteiger partial charge in [0.05, 0.1) is 17.8 Å². The number of nitrogens with zero attached hydrogens (tertiary/aromatic N) is 2. The summed E-state index contributed by atoms with van der Waals surface area (Å²) in [5, 5.41) is 10.3. The van der Waals surface area contributed by atoms with E-state index < -0.39 is 0 Å². The van der Waals surface area contributed by atoms with Crippen molar-refractivity contribution in [1.29, 1.82) is 0 Å². The second-order valence-corrected chi connectivity index (χ2v) is 8.11. The van der Waals surface area contributed by atoms with E-state index in [1.54, 1.807) is 11.3 Å². The van der Waals surface area contributed by atoms with Crippen molar-refractivity contribution in [2.45, 2.75) is 51.2 Å². The molecule has 4 rings (SSSR count). The third-order valence-electron chi connectivity index (χ3n) is 5.88. The van der Waals surface area contributed by atoms with Gasteiger partial charge in [0.2, 0.25) is 0 Å². The summed E-state index contributed by atoms with van der Waals surface area (Å²) in [5.41, 5.74) is 4.50. The number of aromatic nitrogens is 1. The molecule has 3 heterocycles. The first-order valence-corrected chi connectivity index (χ1v) is 9.39. The Kier molecular flexibility index (Phi) is 4.00. The van der Waals surface area contributed by atoms with Crippen LogP contribution in [0.2, 0.25) is 0 Å². The van der Waals surface area contributed by atoms with Crippen LogP contribution in [-0.2, 0) is 13.0 Å². The standard InChI is InChI=1S/C19H24N2OS/c1-14-17(23-13-20-14)11-21-16-7-8-18(21)19(10-16,12-22)9-15-5-3-2-4-6-15/h2-6,13,16,18,22H,7-12H2,1H3/t16-,18+,19-/m0/s1. The summed E-state index contributed by atoms with van der Waals surface area (Å²) < 4.78 is 0. The maximum absolute atomic E-state index is 10.3. The number of aryl methyl sites for hydroxylation is 1. The van der Waals surface area contributed by atoms with Crippen LogP contribution in [0, 0.1) is 12.3 Å². The lowest BCUT2D eigenvalue weighted by Crippen LogP contribution is -2.41. The van der Waals surface area contributed by atoms with E-state index in [4.69, 9.17) is 0 Å². The van der Waals surface area contributed by atoms with Crippen molar-refractivity contribution in [3.8, 4) is 0 Å².